The number of hydrogen-bond acceptors (Lipinski definition) is 5. The third-order valence-electron chi connectivity index (χ3n) is 2.95. The van der Waals surface area contributed by atoms with Gasteiger partial charge in [0.2, 0.25) is 15.9 Å². The van der Waals surface area contributed by atoms with Crippen molar-refractivity contribution in [3.05, 3.63) is 45.6 Å². The van der Waals surface area contributed by atoms with Crippen molar-refractivity contribution in [1.82, 2.24) is 4.72 Å². The van der Waals surface area contributed by atoms with E-state index in [2.05, 4.69) is 10.0 Å². The Hall–Kier alpha value is -1.06. The van der Waals surface area contributed by atoms with Crippen LogP contribution >= 0.6 is 34.7 Å². The number of halogens is 1. The highest BCUT2D eigenvalue weighted by molar-refractivity contribution is 7.99. The Morgan fingerprint density at radius 1 is 1.20 bits per heavy atom. The second-order valence-electron chi connectivity index (χ2n) is 5.55. The van der Waals surface area contributed by atoms with E-state index in [1.807, 2.05) is 12.1 Å². The normalized spacial score (nSPS) is 11.7. The summed E-state index contributed by atoms with van der Waals surface area (Å²) in [4.78, 5) is 13.2. The summed E-state index contributed by atoms with van der Waals surface area (Å²) in [6, 6.07) is 9.71. The quantitative estimate of drug-likeness (QED) is 0.680. The minimum absolute atomic E-state index is 0.136. The SMILES string of the molecule is CC(C)NS(=O)(=O)c1ccc(NC(=O)CSCc2ccc(Cl)s2)cc1. The molecule has 136 valence electrons. The fourth-order valence-electron chi connectivity index (χ4n) is 1.97. The van der Waals surface area contributed by atoms with Crippen molar-refractivity contribution in [2.24, 2.45) is 0 Å². The molecule has 0 unspecified atom stereocenters. The van der Waals surface area contributed by atoms with E-state index in [9.17, 15) is 13.2 Å². The molecule has 2 N–H and O–H groups in total. The Bertz CT molecular complexity index is 817. The highest BCUT2D eigenvalue weighted by Gasteiger charge is 2.15. The lowest BCUT2D eigenvalue weighted by molar-refractivity contribution is -0.113. The number of hydrogen-bond donors (Lipinski definition) is 2. The monoisotopic (exact) mass is 418 g/mol. The molecule has 1 aromatic heterocycles. The number of thiophene rings is 1. The van der Waals surface area contributed by atoms with Crippen LogP contribution in [0.1, 0.15) is 18.7 Å². The van der Waals surface area contributed by atoms with Gasteiger partial charge >= 0.3 is 0 Å². The molecule has 0 saturated heterocycles. The summed E-state index contributed by atoms with van der Waals surface area (Å²) in [6.07, 6.45) is 0. The molecule has 1 amide bonds. The number of thioether (sulfide) groups is 1. The maximum atomic E-state index is 12.0. The van der Waals surface area contributed by atoms with Gasteiger partial charge in [-0.05, 0) is 50.2 Å². The maximum absolute atomic E-state index is 12.0. The zero-order valence-corrected chi connectivity index (χ0v) is 17.0. The predicted octanol–water partition coefficient (Wildman–Crippen LogP) is 3.96. The molecule has 0 spiro atoms. The molecule has 0 aliphatic carbocycles. The summed E-state index contributed by atoms with van der Waals surface area (Å²) < 4.78 is 27.3. The minimum Gasteiger partial charge on any atom is -0.325 e. The maximum Gasteiger partial charge on any atom is 0.240 e. The predicted molar refractivity (Wildman–Crippen MR) is 106 cm³/mol. The Labute approximate surface area is 161 Å². The molecule has 0 fully saturated rings. The van der Waals surface area contributed by atoms with Crippen LogP contribution in [0.3, 0.4) is 0 Å². The van der Waals surface area contributed by atoms with Crippen molar-refractivity contribution in [2.45, 2.75) is 30.5 Å². The molecule has 25 heavy (non-hydrogen) atoms. The molecular weight excluding hydrogens is 400 g/mol. The molecule has 1 aromatic carbocycles. The Morgan fingerprint density at radius 2 is 1.88 bits per heavy atom. The topological polar surface area (TPSA) is 75.3 Å². The number of amides is 1. The van der Waals surface area contributed by atoms with E-state index in [4.69, 9.17) is 11.6 Å². The van der Waals surface area contributed by atoms with E-state index in [0.717, 1.165) is 15.0 Å². The van der Waals surface area contributed by atoms with Crippen LogP contribution < -0.4 is 10.0 Å². The first-order valence-corrected chi connectivity index (χ1v) is 11.3. The number of rotatable bonds is 8. The first kappa shape index (κ1) is 20.3. The van der Waals surface area contributed by atoms with Crippen LogP contribution in [0.15, 0.2) is 41.3 Å². The van der Waals surface area contributed by atoms with E-state index < -0.39 is 10.0 Å². The number of sulfonamides is 1. The minimum atomic E-state index is -3.52. The molecule has 1 heterocycles. The highest BCUT2D eigenvalue weighted by Crippen LogP contribution is 2.25. The summed E-state index contributed by atoms with van der Waals surface area (Å²) >= 11 is 8.86. The van der Waals surface area contributed by atoms with Gasteiger partial charge in [0.1, 0.15) is 0 Å². The lowest BCUT2D eigenvalue weighted by atomic mass is 10.3. The fourth-order valence-corrected chi connectivity index (χ4v) is 5.24. The van der Waals surface area contributed by atoms with Crippen molar-refractivity contribution in [3.8, 4) is 0 Å². The van der Waals surface area contributed by atoms with Gasteiger partial charge in [-0.1, -0.05) is 11.6 Å². The Morgan fingerprint density at radius 3 is 2.44 bits per heavy atom. The second kappa shape index (κ2) is 9.05. The molecule has 0 aliphatic heterocycles. The van der Waals surface area contributed by atoms with Gasteiger partial charge in [-0.25, -0.2) is 13.1 Å². The van der Waals surface area contributed by atoms with Crippen LogP contribution in [0.25, 0.3) is 0 Å². The van der Waals surface area contributed by atoms with E-state index in [1.165, 1.54) is 35.2 Å². The molecule has 0 saturated carbocycles. The van der Waals surface area contributed by atoms with Gasteiger partial charge in [-0.2, -0.15) is 0 Å². The second-order valence-corrected chi connectivity index (χ2v) is 10.0. The van der Waals surface area contributed by atoms with Gasteiger partial charge in [-0.3, -0.25) is 4.79 Å². The Balaban J connectivity index is 1.85. The summed E-state index contributed by atoms with van der Waals surface area (Å²) in [5.74, 6) is 0.899. The largest absolute Gasteiger partial charge is 0.325 e. The van der Waals surface area contributed by atoms with Gasteiger partial charge in [0.05, 0.1) is 15.0 Å². The molecule has 0 aliphatic rings. The van der Waals surface area contributed by atoms with Crippen molar-refractivity contribution in [1.29, 1.82) is 0 Å². The van der Waals surface area contributed by atoms with Gasteiger partial charge in [0.25, 0.3) is 0 Å². The van der Waals surface area contributed by atoms with Crippen LogP contribution in [0.4, 0.5) is 5.69 Å². The van der Waals surface area contributed by atoms with E-state index in [0.29, 0.717) is 11.4 Å². The summed E-state index contributed by atoms with van der Waals surface area (Å²) in [5.41, 5.74) is 0.563. The molecule has 0 radical (unpaired) electrons. The number of nitrogens with one attached hydrogen (secondary N) is 2. The van der Waals surface area contributed by atoms with E-state index >= 15 is 0 Å². The average Bonchev–Trinajstić information content (AvgIpc) is 2.92. The molecule has 2 aromatic rings. The highest BCUT2D eigenvalue weighted by atomic mass is 35.5. The lowest BCUT2D eigenvalue weighted by Crippen LogP contribution is -2.30. The van der Waals surface area contributed by atoms with Crippen LogP contribution in [0.2, 0.25) is 4.34 Å². The van der Waals surface area contributed by atoms with Gasteiger partial charge < -0.3 is 5.32 Å². The van der Waals surface area contributed by atoms with Crippen LogP contribution in [0, 0.1) is 0 Å². The van der Waals surface area contributed by atoms with Crippen molar-refractivity contribution >= 4 is 56.3 Å². The lowest BCUT2D eigenvalue weighted by Gasteiger charge is -2.10. The number of carbonyl (C=O) groups is 1. The first-order chi connectivity index (χ1) is 11.8. The fraction of sp³-hybridized carbons (Fsp3) is 0.312. The average molecular weight is 419 g/mol. The number of benzene rings is 1. The zero-order valence-electron chi connectivity index (χ0n) is 13.8. The number of carbonyl (C=O) groups excluding carboxylic acids is 1. The molecule has 0 bridgehead atoms. The van der Waals surface area contributed by atoms with Crippen LogP contribution in [-0.4, -0.2) is 26.1 Å². The summed E-state index contributed by atoms with van der Waals surface area (Å²) in [5, 5.41) is 2.76. The molecule has 9 heteroatoms. The van der Waals surface area contributed by atoms with Gasteiger partial charge in [0, 0.05) is 22.4 Å². The van der Waals surface area contributed by atoms with Gasteiger partial charge in [-0.15, -0.1) is 23.1 Å². The summed E-state index contributed by atoms with van der Waals surface area (Å²) in [6.45, 7) is 3.52. The van der Waals surface area contributed by atoms with Crippen LogP contribution in [-0.2, 0) is 20.6 Å². The first-order valence-electron chi connectivity index (χ1n) is 7.50. The van der Waals surface area contributed by atoms with Crippen molar-refractivity contribution in [3.63, 3.8) is 0 Å². The van der Waals surface area contributed by atoms with E-state index in [1.54, 1.807) is 26.0 Å². The molecule has 2 rings (SSSR count). The zero-order chi connectivity index (χ0) is 18.4. The number of anilines is 1. The summed E-state index contributed by atoms with van der Waals surface area (Å²) in [7, 11) is -3.52. The molecular formula is C16H19ClN2O3S3. The Kier molecular flexibility index (Phi) is 7.33. The van der Waals surface area contributed by atoms with Crippen molar-refractivity contribution in [2.75, 3.05) is 11.1 Å². The van der Waals surface area contributed by atoms with Gasteiger partial charge in [0.15, 0.2) is 0 Å². The molecule has 0 atom stereocenters. The van der Waals surface area contributed by atoms with Crippen LogP contribution in [0.5, 0.6) is 0 Å². The molecule has 5 nitrogen and oxygen atoms in total. The van der Waals surface area contributed by atoms with Crippen molar-refractivity contribution < 1.29 is 13.2 Å². The third-order valence-corrected chi connectivity index (χ3v) is 7.02. The third kappa shape index (κ3) is 6.63. The smallest absolute Gasteiger partial charge is 0.240 e. The van der Waals surface area contributed by atoms with E-state index in [-0.39, 0.29) is 16.8 Å². The standard InChI is InChI=1S/C16H19ClN2O3S3/c1-11(2)19-25(21,22)14-6-3-12(4-7-14)18-16(20)10-23-9-13-5-8-15(17)24-13/h3-8,11,19H,9-10H2,1-2H3,(H,18,20).